The van der Waals surface area contributed by atoms with Crippen LogP contribution in [0.1, 0.15) is 25.7 Å². The maximum Gasteiger partial charge on any atom is 0.237 e. The zero-order chi connectivity index (χ0) is 14.5. The summed E-state index contributed by atoms with van der Waals surface area (Å²) in [6.07, 6.45) is 3.33. The van der Waals surface area contributed by atoms with E-state index in [9.17, 15) is 14.7 Å². The molecule has 0 saturated carbocycles. The fraction of sp³-hybridized carbons (Fsp3) is 0.846. The van der Waals surface area contributed by atoms with Crippen LogP contribution in [0, 0.1) is 5.92 Å². The van der Waals surface area contributed by atoms with E-state index in [0.717, 1.165) is 19.4 Å². The molecule has 2 amide bonds. The van der Waals surface area contributed by atoms with Gasteiger partial charge in [-0.3, -0.25) is 19.9 Å². The van der Waals surface area contributed by atoms with Crippen molar-refractivity contribution in [1.82, 2.24) is 15.2 Å². The van der Waals surface area contributed by atoms with Crippen molar-refractivity contribution in [2.45, 2.75) is 31.7 Å². The Balaban J connectivity index is 1.78. The van der Waals surface area contributed by atoms with E-state index < -0.39 is 0 Å². The Morgan fingerprint density at radius 3 is 2.50 bits per heavy atom. The maximum atomic E-state index is 12.2. The van der Waals surface area contributed by atoms with E-state index in [4.69, 9.17) is 5.84 Å². The van der Waals surface area contributed by atoms with E-state index in [1.807, 2.05) is 4.90 Å². The van der Waals surface area contributed by atoms with Crippen LogP contribution in [-0.2, 0) is 9.59 Å². The maximum absolute atomic E-state index is 12.2. The molecule has 0 bridgehead atoms. The molecule has 2 aliphatic rings. The van der Waals surface area contributed by atoms with Crippen LogP contribution in [0.15, 0.2) is 0 Å². The molecule has 2 fully saturated rings. The number of nitrogens with two attached hydrogens (primary N) is 1. The largest absolute Gasteiger partial charge is 0.395 e. The van der Waals surface area contributed by atoms with Crippen LogP contribution in [0.2, 0.25) is 0 Å². The first-order valence-electron chi connectivity index (χ1n) is 7.29. The molecule has 0 spiro atoms. The SMILES string of the molecule is NNC(=O)C1CCN(C(=O)CN2CCCC2CO)CC1. The number of rotatable bonds is 4. The minimum Gasteiger partial charge on any atom is -0.395 e. The van der Waals surface area contributed by atoms with Crippen LogP contribution in [-0.4, -0.2) is 65.5 Å². The summed E-state index contributed by atoms with van der Waals surface area (Å²) in [6.45, 7) is 2.58. The number of hydrazine groups is 1. The van der Waals surface area contributed by atoms with Crippen LogP contribution < -0.4 is 11.3 Å². The van der Waals surface area contributed by atoms with Crippen molar-refractivity contribution in [2.75, 3.05) is 32.8 Å². The van der Waals surface area contributed by atoms with Gasteiger partial charge in [0.2, 0.25) is 11.8 Å². The van der Waals surface area contributed by atoms with E-state index in [-0.39, 0.29) is 30.4 Å². The monoisotopic (exact) mass is 284 g/mol. The van der Waals surface area contributed by atoms with Crippen molar-refractivity contribution in [3.63, 3.8) is 0 Å². The lowest BCUT2D eigenvalue weighted by atomic mass is 9.96. The van der Waals surface area contributed by atoms with E-state index in [2.05, 4.69) is 10.3 Å². The average Bonchev–Trinajstić information content (AvgIpc) is 2.93. The molecular formula is C13H24N4O3. The molecule has 2 rings (SSSR count). The van der Waals surface area contributed by atoms with Gasteiger partial charge in [0.15, 0.2) is 0 Å². The number of piperidine rings is 1. The number of likely N-dealkylation sites (tertiary alicyclic amines) is 2. The van der Waals surface area contributed by atoms with Gasteiger partial charge in [0, 0.05) is 25.0 Å². The molecule has 4 N–H and O–H groups in total. The second kappa shape index (κ2) is 7.01. The van der Waals surface area contributed by atoms with Gasteiger partial charge in [-0.25, -0.2) is 5.84 Å². The molecule has 1 unspecified atom stereocenters. The van der Waals surface area contributed by atoms with Crippen LogP contribution in [0.4, 0.5) is 0 Å². The third-order valence-electron chi connectivity index (χ3n) is 4.41. The second-order valence-electron chi connectivity index (χ2n) is 5.61. The highest BCUT2D eigenvalue weighted by Gasteiger charge is 2.30. The first kappa shape index (κ1) is 15.2. The number of carbonyl (C=O) groups is 2. The highest BCUT2D eigenvalue weighted by atomic mass is 16.3. The van der Waals surface area contributed by atoms with Gasteiger partial charge in [-0.05, 0) is 32.2 Å². The normalized spacial score (nSPS) is 24.9. The zero-order valence-electron chi connectivity index (χ0n) is 11.8. The van der Waals surface area contributed by atoms with Gasteiger partial charge in [-0.1, -0.05) is 0 Å². The predicted octanol–water partition coefficient (Wildman–Crippen LogP) is -1.33. The van der Waals surface area contributed by atoms with E-state index in [0.29, 0.717) is 32.5 Å². The standard InChI is InChI=1S/C13H24N4O3/c14-15-13(20)10-3-6-16(7-4-10)12(19)8-17-5-1-2-11(17)9-18/h10-11,18H,1-9,14H2,(H,15,20). The Labute approximate surface area is 119 Å². The van der Waals surface area contributed by atoms with Crippen LogP contribution in [0.25, 0.3) is 0 Å². The van der Waals surface area contributed by atoms with Gasteiger partial charge < -0.3 is 10.0 Å². The minimum absolute atomic E-state index is 0.0824. The summed E-state index contributed by atoms with van der Waals surface area (Å²) in [7, 11) is 0. The van der Waals surface area contributed by atoms with Crippen molar-refractivity contribution in [1.29, 1.82) is 0 Å². The van der Waals surface area contributed by atoms with E-state index >= 15 is 0 Å². The molecule has 114 valence electrons. The predicted molar refractivity (Wildman–Crippen MR) is 73.3 cm³/mol. The highest BCUT2D eigenvalue weighted by molar-refractivity contribution is 5.80. The lowest BCUT2D eigenvalue weighted by Gasteiger charge is -2.33. The molecule has 1 atom stereocenters. The fourth-order valence-electron chi connectivity index (χ4n) is 3.09. The van der Waals surface area contributed by atoms with Crippen molar-refractivity contribution in [2.24, 2.45) is 11.8 Å². The minimum atomic E-state index is -0.142. The Hall–Kier alpha value is -1.18. The summed E-state index contributed by atoms with van der Waals surface area (Å²) < 4.78 is 0. The summed E-state index contributed by atoms with van der Waals surface area (Å²) in [4.78, 5) is 27.5. The summed E-state index contributed by atoms with van der Waals surface area (Å²) in [5, 5.41) is 9.26. The molecule has 0 radical (unpaired) electrons. The molecule has 7 nitrogen and oxygen atoms in total. The summed E-state index contributed by atoms with van der Waals surface area (Å²) in [6, 6.07) is 0.125. The number of hydrogen-bond donors (Lipinski definition) is 3. The molecule has 7 heteroatoms. The number of nitrogens with one attached hydrogen (secondary N) is 1. The van der Waals surface area contributed by atoms with Crippen molar-refractivity contribution < 1.29 is 14.7 Å². The average molecular weight is 284 g/mol. The third kappa shape index (κ3) is 3.47. The molecule has 0 aliphatic carbocycles. The molecule has 20 heavy (non-hydrogen) atoms. The molecule has 0 aromatic carbocycles. The van der Waals surface area contributed by atoms with E-state index in [1.54, 1.807) is 0 Å². The molecule has 2 aliphatic heterocycles. The highest BCUT2D eigenvalue weighted by Crippen LogP contribution is 2.19. The number of carbonyl (C=O) groups excluding carboxylic acids is 2. The zero-order valence-corrected chi connectivity index (χ0v) is 11.8. The van der Waals surface area contributed by atoms with Crippen molar-refractivity contribution in [3.8, 4) is 0 Å². The molecule has 0 aromatic heterocycles. The van der Waals surface area contributed by atoms with Gasteiger partial charge in [0.1, 0.15) is 0 Å². The topological polar surface area (TPSA) is 98.9 Å². The fourth-order valence-corrected chi connectivity index (χ4v) is 3.09. The van der Waals surface area contributed by atoms with Gasteiger partial charge in [-0.15, -0.1) is 0 Å². The summed E-state index contributed by atoms with van der Waals surface area (Å²) in [5.41, 5.74) is 2.17. The van der Waals surface area contributed by atoms with Gasteiger partial charge in [-0.2, -0.15) is 0 Å². The lowest BCUT2D eigenvalue weighted by Crippen LogP contribution is -2.48. The van der Waals surface area contributed by atoms with E-state index in [1.165, 1.54) is 0 Å². The molecule has 0 aromatic rings. The Kier molecular flexibility index (Phi) is 5.33. The summed E-state index contributed by atoms with van der Waals surface area (Å²) in [5.74, 6) is 5.00. The van der Waals surface area contributed by atoms with Crippen LogP contribution >= 0.6 is 0 Å². The van der Waals surface area contributed by atoms with Crippen LogP contribution in [0.3, 0.4) is 0 Å². The number of nitrogens with zero attached hydrogens (tertiary/aromatic N) is 2. The molecule has 2 saturated heterocycles. The number of hydrogen-bond acceptors (Lipinski definition) is 5. The summed E-state index contributed by atoms with van der Waals surface area (Å²) >= 11 is 0. The lowest BCUT2D eigenvalue weighted by molar-refractivity contribution is -0.136. The Morgan fingerprint density at radius 1 is 1.20 bits per heavy atom. The second-order valence-corrected chi connectivity index (χ2v) is 5.61. The molecule has 2 heterocycles. The van der Waals surface area contributed by atoms with Gasteiger partial charge >= 0.3 is 0 Å². The third-order valence-corrected chi connectivity index (χ3v) is 4.41. The van der Waals surface area contributed by atoms with Crippen molar-refractivity contribution >= 4 is 11.8 Å². The number of aliphatic hydroxyl groups excluding tert-OH is 1. The molecular weight excluding hydrogens is 260 g/mol. The first-order valence-corrected chi connectivity index (χ1v) is 7.29. The van der Waals surface area contributed by atoms with Crippen LogP contribution in [0.5, 0.6) is 0 Å². The van der Waals surface area contributed by atoms with Gasteiger partial charge in [0.05, 0.1) is 13.2 Å². The Bertz CT molecular complexity index is 356. The quantitative estimate of drug-likeness (QED) is 0.337. The Morgan fingerprint density at radius 2 is 1.90 bits per heavy atom. The van der Waals surface area contributed by atoms with Gasteiger partial charge in [0.25, 0.3) is 0 Å². The first-order chi connectivity index (χ1) is 9.65. The number of amides is 2. The van der Waals surface area contributed by atoms with Crippen molar-refractivity contribution in [3.05, 3.63) is 0 Å². The number of aliphatic hydroxyl groups is 1. The smallest absolute Gasteiger partial charge is 0.237 e.